The summed E-state index contributed by atoms with van der Waals surface area (Å²) in [7, 11) is 1.60. The van der Waals surface area contributed by atoms with Crippen molar-refractivity contribution in [1.82, 2.24) is 0 Å². The molecule has 1 atom stereocenters. The number of aryl methyl sites for hydroxylation is 2. The van der Waals surface area contributed by atoms with Gasteiger partial charge >= 0.3 is 0 Å². The average molecular weight is 235 g/mol. The highest BCUT2D eigenvalue weighted by molar-refractivity contribution is 6.00. The Morgan fingerprint density at radius 2 is 2.06 bits per heavy atom. The fourth-order valence-electron chi connectivity index (χ4n) is 2.05. The van der Waals surface area contributed by atoms with Crippen molar-refractivity contribution in [2.24, 2.45) is 11.7 Å². The van der Waals surface area contributed by atoms with Crippen molar-refractivity contribution in [1.29, 1.82) is 0 Å². The van der Waals surface area contributed by atoms with Gasteiger partial charge in [-0.15, -0.1) is 0 Å². The van der Waals surface area contributed by atoms with Gasteiger partial charge in [-0.05, 0) is 44.0 Å². The van der Waals surface area contributed by atoms with E-state index in [1.807, 2.05) is 32.9 Å². The molecule has 17 heavy (non-hydrogen) atoms. The molecule has 0 aliphatic carbocycles. The largest absolute Gasteiger partial charge is 0.496 e. The number of rotatable bonds is 5. The van der Waals surface area contributed by atoms with Crippen molar-refractivity contribution < 1.29 is 9.53 Å². The third-order valence-corrected chi connectivity index (χ3v) is 2.94. The second-order valence-electron chi connectivity index (χ2n) is 4.51. The topological polar surface area (TPSA) is 52.3 Å². The lowest BCUT2D eigenvalue weighted by molar-refractivity contribution is 0.0922. The maximum atomic E-state index is 12.3. The number of nitrogens with two attached hydrogens (primary N) is 1. The highest BCUT2D eigenvalue weighted by atomic mass is 16.5. The van der Waals surface area contributed by atoms with Crippen molar-refractivity contribution in [2.75, 3.05) is 13.7 Å². The number of methoxy groups -OCH3 is 1. The van der Waals surface area contributed by atoms with Crippen molar-refractivity contribution in [3.05, 3.63) is 28.8 Å². The molecule has 0 fully saturated rings. The molecule has 0 saturated carbocycles. The van der Waals surface area contributed by atoms with Crippen LogP contribution >= 0.6 is 0 Å². The number of ether oxygens (including phenoxy) is 1. The molecule has 1 aromatic carbocycles. The van der Waals surface area contributed by atoms with Crippen LogP contribution in [0.1, 0.15) is 34.8 Å². The van der Waals surface area contributed by atoms with E-state index >= 15 is 0 Å². The van der Waals surface area contributed by atoms with Gasteiger partial charge in [-0.2, -0.15) is 0 Å². The Kier molecular flexibility index (Phi) is 4.70. The van der Waals surface area contributed by atoms with Crippen LogP contribution in [-0.2, 0) is 0 Å². The van der Waals surface area contributed by atoms with Crippen LogP contribution in [0, 0.1) is 19.8 Å². The van der Waals surface area contributed by atoms with E-state index in [1.165, 1.54) is 0 Å². The first-order valence-corrected chi connectivity index (χ1v) is 5.90. The summed E-state index contributed by atoms with van der Waals surface area (Å²) in [6, 6.07) is 3.91. The predicted octanol–water partition coefficient (Wildman–Crippen LogP) is 2.48. The van der Waals surface area contributed by atoms with E-state index in [4.69, 9.17) is 10.5 Å². The number of carbonyl (C=O) groups excluding carboxylic acids is 1. The van der Waals surface area contributed by atoms with Crippen LogP contribution in [0.25, 0.3) is 0 Å². The highest BCUT2D eigenvalue weighted by Crippen LogP contribution is 2.27. The Hall–Kier alpha value is -1.35. The predicted molar refractivity (Wildman–Crippen MR) is 69.6 cm³/mol. The molecule has 0 amide bonds. The Bertz CT molecular complexity index is 413. The number of carbonyl (C=O) groups is 1. The van der Waals surface area contributed by atoms with E-state index in [0.717, 1.165) is 11.1 Å². The van der Waals surface area contributed by atoms with Gasteiger partial charge in [0, 0.05) is 5.92 Å². The van der Waals surface area contributed by atoms with Crippen LogP contribution in [0.2, 0.25) is 0 Å². The molecule has 1 unspecified atom stereocenters. The number of benzene rings is 1. The van der Waals surface area contributed by atoms with Gasteiger partial charge in [0.25, 0.3) is 0 Å². The summed E-state index contributed by atoms with van der Waals surface area (Å²) < 4.78 is 5.33. The SMILES string of the molecule is COc1c(C)cc(C)cc1C(=O)C(C)CCN. The molecule has 0 spiro atoms. The zero-order valence-electron chi connectivity index (χ0n) is 11.0. The minimum atomic E-state index is -0.0601. The van der Waals surface area contributed by atoms with Crippen LogP contribution in [0.5, 0.6) is 5.75 Å². The lowest BCUT2D eigenvalue weighted by Gasteiger charge is -2.15. The molecule has 0 aliphatic heterocycles. The van der Waals surface area contributed by atoms with E-state index < -0.39 is 0 Å². The smallest absolute Gasteiger partial charge is 0.169 e. The monoisotopic (exact) mass is 235 g/mol. The molecular formula is C14H21NO2. The summed E-state index contributed by atoms with van der Waals surface area (Å²) in [5.41, 5.74) is 8.24. The third-order valence-electron chi connectivity index (χ3n) is 2.94. The maximum Gasteiger partial charge on any atom is 0.169 e. The van der Waals surface area contributed by atoms with Crippen molar-refractivity contribution >= 4 is 5.78 Å². The van der Waals surface area contributed by atoms with Gasteiger partial charge in [0.1, 0.15) is 5.75 Å². The molecule has 0 bridgehead atoms. The van der Waals surface area contributed by atoms with Crippen molar-refractivity contribution in [3.63, 3.8) is 0 Å². The van der Waals surface area contributed by atoms with E-state index in [2.05, 4.69) is 0 Å². The number of hydrogen-bond donors (Lipinski definition) is 1. The molecule has 1 rings (SSSR count). The zero-order chi connectivity index (χ0) is 13.0. The molecule has 0 aliphatic rings. The number of ketones is 1. The summed E-state index contributed by atoms with van der Waals surface area (Å²) in [6.45, 7) is 6.37. The van der Waals surface area contributed by atoms with Gasteiger partial charge in [-0.1, -0.05) is 13.0 Å². The van der Waals surface area contributed by atoms with Crippen LogP contribution in [0.15, 0.2) is 12.1 Å². The van der Waals surface area contributed by atoms with Gasteiger partial charge in [-0.3, -0.25) is 4.79 Å². The molecule has 1 aromatic rings. The minimum absolute atomic E-state index is 0.0601. The normalized spacial score (nSPS) is 12.3. The second kappa shape index (κ2) is 5.82. The Labute approximate surface area is 103 Å². The molecule has 3 heteroatoms. The molecule has 3 nitrogen and oxygen atoms in total. The van der Waals surface area contributed by atoms with E-state index in [-0.39, 0.29) is 11.7 Å². The van der Waals surface area contributed by atoms with Gasteiger partial charge in [-0.25, -0.2) is 0 Å². The first kappa shape index (κ1) is 13.7. The van der Waals surface area contributed by atoms with E-state index in [0.29, 0.717) is 24.3 Å². The maximum absolute atomic E-state index is 12.3. The van der Waals surface area contributed by atoms with Gasteiger partial charge in [0.2, 0.25) is 0 Å². The summed E-state index contributed by atoms with van der Waals surface area (Å²) in [4.78, 5) is 12.3. The summed E-state index contributed by atoms with van der Waals surface area (Å²) in [5.74, 6) is 0.735. The van der Waals surface area contributed by atoms with Crippen LogP contribution in [0.4, 0.5) is 0 Å². The molecule has 2 N–H and O–H groups in total. The van der Waals surface area contributed by atoms with Gasteiger partial charge < -0.3 is 10.5 Å². The fourth-order valence-corrected chi connectivity index (χ4v) is 2.05. The molecule has 0 radical (unpaired) electrons. The highest BCUT2D eigenvalue weighted by Gasteiger charge is 2.20. The van der Waals surface area contributed by atoms with Crippen LogP contribution < -0.4 is 10.5 Å². The summed E-state index contributed by atoms with van der Waals surface area (Å²) in [5, 5.41) is 0. The summed E-state index contributed by atoms with van der Waals surface area (Å²) in [6.07, 6.45) is 0.703. The van der Waals surface area contributed by atoms with E-state index in [1.54, 1.807) is 7.11 Å². The zero-order valence-corrected chi connectivity index (χ0v) is 11.0. The van der Waals surface area contributed by atoms with Crippen molar-refractivity contribution in [2.45, 2.75) is 27.2 Å². The minimum Gasteiger partial charge on any atom is -0.496 e. The van der Waals surface area contributed by atoms with Crippen LogP contribution in [0.3, 0.4) is 0 Å². The van der Waals surface area contributed by atoms with E-state index in [9.17, 15) is 4.79 Å². The Morgan fingerprint density at radius 1 is 1.41 bits per heavy atom. The Morgan fingerprint density at radius 3 is 2.59 bits per heavy atom. The first-order chi connectivity index (χ1) is 8.01. The lowest BCUT2D eigenvalue weighted by Crippen LogP contribution is -2.17. The Balaban J connectivity index is 3.16. The average Bonchev–Trinajstić information content (AvgIpc) is 2.27. The summed E-state index contributed by atoms with van der Waals surface area (Å²) >= 11 is 0. The first-order valence-electron chi connectivity index (χ1n) is 5.90. The number of Topliss-reactive ketones (excluding diaryl/α,β-unsaturated/α-hetero) is 1. The van der Waals surface area contributed by atoms with Gasteiger partial charge in [0.15, 0.2) is 5.78 Å². The van der Waals surface area contributed by atoms with Gasteiger partial charge in [0.05, 0.1) is 12.7 Å². The second-order valence-corrected chi connectivity index (χ2v) is 4.51. The molecule has 0 heterocycles. The third kappa shape index (κ3) is 3.07. The molecule has 0 saturated heterocycles. The molecular weight excluding hydrogens is 214 g/mol. The fraction of sp³-hybridized carbons (Fsp3) is 0.500. The standard InChI is InChI=1S/C14H21NO2/c1-9-7-11(3)14(17-4)12(8-9)13(16)10(2)5-6-15/h7-8,10H,5-6,15H2,1-4H3. The van der Waals surface area contributed by atoms with Crippen LogP contribution in [-0.4, -0.2) is 19.4 Å². The lowest BCUT2D eigenvalue weighted by atomic mass is 9.93. The molecule has 94 valence electrons. The quantitative estimate of drug-likeness (QED) is 0.798. The molecule has 0 aromatic heterocycles. The van der Waals surface area contributed by atoms with Crippen molar-refractivity contribution in [3.8, 4) is 5.75 Å². The number of hydrogen-bond acceptors (Lipinski definition) is 3.